The first-order valence-corrected chi connectivity index (χ1v) is 7.48. The lowest BCUT2D eigenvalue weighted by atomic mass is 10.2. The number of hydrogen-bond donors (Lipinski definition) is 2. The fourth-order valence-corrected chi connectivity index (χ4v) is 2.09. The molecule has 0 amide bonds. The predicted molar refractivity (Wildman–Crippen MR) is 95.0 cm³/mol. The average Bonchev–Trinajstić information content (AvgIpc) is 3.12. The molecule has 0 saturated carbocycles. The Morgan fingerprint density at radius 3 is 2.46 bits per heavy atom. The molecule has 1 aromatic heterocycles. The van der Waals surface area contributed by atoms with Crippen LogP contribution in [0.4, 0.5) is 0 Å². The Morgan fingerprint density at radius 2 is 1.92 bits per heavy atom. The van der Waals surface area contributed by atoms with Gasteiger partial charge in [0.2, 0.25) is 5.75 Å². The van der Waals surface area contributed by atoms with Crippen LogP contribution in [0, 0.1) is 0 Å². The Morgan fingerprint density at radius 1 is 1.21 bits per heavy atom. The van der Waals surface area contributed by atoms with Gasteiger partial charge in [0.15, 0.2) is 16.6 Å². The van der Waals surface area contributed by atoms with Crippen molar-refractivity contribution in [1.82, 2.24) is 10.7 Å². The third kappa shape index (κ3) is 4.63. The number of thiocarbonyl (C=S) groups is 1. The molecular weight excluding hydrogens is 330 g/mol. The maximum absolute atomic E-state index is 5.29. The molecule has 2 N–H and O–H groups in total. The Labute approximate surface area is 145 Å². The van der Waals surface area contributed by atoms with Gasteiger partial charge in [-0.1, -0.05) is 0 Å². The van der Waals surface area contributed by atoms with E-state index in [4.69, 9.17) is 30.8 Å². The smallest absolute Gasteiger partial charge is 0.203 e. The average molecular weight is 349 g/mol. The number of hydrazone groups is 1. The summed E-state index contributed by atoms with van der Waals surface area (Å²) in [5, 5.41) is 7.45. The maximum Gasteiger partial charge on any atom is 0.203 e. The van der Waals surface area contributed by atoms with E-state index in [1.165, 1.54) is 0 Å². The van der Waals surface area contributed by atoms with Crippen LogP contribution in [0.5, 0.6) is 17.2 Å². The van der Waals surface area contributed by atoms with E-state index in [0.717, 1.165) is 11.3 Å². The van der Waals surface area contributed by atoms with Crippen LogP contribution in [-0.2, 0) is 6.54 Å². The number of nitrogens with zero attached hydrogens (tertiary/aromatic N) is 1. The fraction of sp³-hybridized carbons (Fsp3) is 0.250. The molecule has 7 nitrogen and oxygen atoms in total. The van der Waals surface area contributed by atoms with Crippen LogP contribution in [0.2, 0.25) is 0 Å². The van der Waals surface area contributed by atoms with Gasteiger partial charge in [-0.15, -0.1) is 0 Å². The second-order valence-electron chi connectivity index (χ2n) is 4.59. The summed E-state index contributed by atoms with van der Waals surface area (Å²) in [6.45, 7) is 0.485. The van der Waals surface area contributed by atoms with Crippen molar-refractivity contribution in [3.05, 3.63) is 41.9 Å². The molecule has 0 radical (unpaired) electrons. The van der Waals surface area contributed by atoms with E-state index < -0.39 is 0 Å². The normalized spacial score (nSPS) is 10.5. The molecule has 1 heterocycles. The van der Waals surface area contributed by atoms with Crippen molar-refractivity contribution in [2.75, 3.05) is 21.3 Å². The van der Waals surface area contributed by atoms with Crippen LogP contribution in [0.3, 0.4) is 0 Å². The molecule has 2 rings (SSSR count). The van der Waals surface area contributed by atoms with E-state index in [9.17, 15) is 0 Å². The summed E-state index contributed by atoms with van der Waals surface area (Å²) in [4.78, 5) is 0. The minimum Gasteiger partial charge on any atom is -0.493 e. The zero-order chi connectivity index (χ0) is 17.4. The van der Waals surface area contributed by atoms with Crippen molar-refractivity contribution >= 4 is 23.5 Å². The van der Waals surface area contributed by atoms with Crippen molar-refractivity contribution in [2.45, 2.75) is 6.54 Å². The summed E-state index contributed by atoms with van der Waals surface area (Å²) >= 11 is 5.13. The Bertz CT molecular complexity index is 676. The highest BCUT2D eigenvalue weighted by Gasteiger charge is 2.12. The van der Waals surface area contributed by atoms with Gasteiger partial charge >= 0.3 is 0 Å². The van der Waals surface area contributed by atoms with Crippen molar-refractivity contribution in [1.29, 1.82) is 0 Å². The molecule has 0 saturated heterocycles. The Kier molecular flexibility index (Phi) is 6.44. The summed E-state index contributed by atoms with van der Waals surface area (Å²) in [5.41, 5.74) is 3.50. The standard InChI is InChI=1S/C16H19N3O4S/c1-20-13-7-11(8-14(21-2)15(13)22-3)9-18-19-16(24)17-10-12-5-4-6-23-12/h4-9H,10H2,1-3H3,(H2,17,19,24)/b18-9-. The molecule has 0 fully saturated rings. The zero-order valence-electron chi connectivity index (χ0n) is 13.7. The van der Waals surface area contributed by atoms with Gasteiger partial charge in [-0.2, -0.15) is 5.10 Å². The molecule has 2 aromatic rings. The van der Waals surface area contributed by atoms with E-state index in [1.54, 1.807) is 45.9 Å². The summed E-state index contributed by atoms with van der Waals surface area (Å²) < 4.78 is 21.1. The second-order valence-corrected chi connectivity index (χ2v) is 5.00. The van der Waals surface area contributed by atoms with Crippen LogP contribution in [0.15, 0.2) is 40.0 Å². The third-order valence-corrected chi connectivity index (χ3v) is 3.31. The molecule has 1 aromatic carbocycles. The lowest BCUT2D eigenvalue weighted by molar-refractivity contribution is 0.324. The second kappa shape index (κ2) is 8.78. The van der Waals surface area contributed by atoms with Crippen molar-refractivity contribution in [3.8, 4) is 17.2 Å². The lowest BCUT2D eigenvalue weighted by Crippen LogP contribution is -2.31. The first-order chi connectivity index (χ1) is 11.7. The molecule has 0 bridgehead atoms. The monoisotopic (exact) mass is 349 g/mol. The molecule has 8 heteroatoms. The molecule has 0 spiro atoms. The maximum atomic E-state index is 5.29. The summed E-state index contributed by atoms with van der Waals surface area (Å²) in [5.74, 6) is 2.42. The Balaban J connectivity index is 1.96. The summed E-state index contributed by atoms with van der Waals surface area (Å²) in [6, 6.07) is 7.24. The van der Waals surface area contributed by atoms with Gasteiger partial charge in [0.25, 0.3) is 0 Å². The predicted octanol–water partition coefficient (Wildman–Crippen LogP) is 2.30. The van der Waals surface area contributed by atoms with Crippen molar-refractivity contribution in [3.63, 3.8) is 0 Å². The van der Waals surface area contributed by atoms with Crippen molar-refractivity contribution in [2.24, 2.45) is 5.10 Å². The number of benzene rings is 1. The van der Waals surface area contributed by atoms with Gasteiger partial charge in [-0.05, 0) is 36.5 Å². The zero-order valence-corrected chi connectivity index (χ0v) is 14.5. The topological polar surface area (TPSA) is 77.2 Å². The van der Waals surface area contributed by atoms with E-state index in [0.29, 0.717) is 28.9 Å². The van der Waals surface area contributed by atoms with Crippen LogP contribution < -0.4 is 25.0 Å². The highest BCUT2D eigenvalue weighted by molar-refractivity contribution is 7.80. The Hall–Kier alpha value is -2.74. The molecular formula is C16H19N3O4S. The lowest BCUT2D eigenvalue weighted by Gasteiger charge is -2.12. The van der Waals surface area contributed by atoms with Crippen molar-refractivity contribution < 1.29 is 18.6 Å². The third-order valence-electron chi connectivity index (χ3n) is 3.07. The van der Waals surface area contributed by atoms with E-state index in [-0.39, 0.29) is 0 Å². The minimum absolute atomic E-state index is 0.384. The molecule has 0 aliphatic rings. The van der Waals surface area contributed by atoms with E-state index >= 15 is 0 Å². The van der Waals surface area contributed by atoms with Gasteiger partial charge in [0, 0.05) is 5.56 Å². The first kappa shape index (κ1) is 17.6. The molecule has 0 atom stereocenters. The van der Waals surface area contributed by atoms with Gasteiger partial charge in [0.05, 0.1) is 40.4 Å². The van der Waals surface area contributed by atoms with Crippen LogP contribution in [0.1, 0.15) is 11.3 Å². The number of hydrogen-bond acceptors (Lipinski definition) is 6. The summed E-state index contributed by atoms with van der Waals surface area (Å²) in [6.07, 6.45) is 3.21. The quantitative estimate of drug-likeness (QED) is 0.451. The molecule has 0 unspecified atom stereocenters. The molecule has 128 valence electrons. The van der Waals surface area contributed by atoms with Gasteiger partial charge in [-0.3, -0.25) is 5.43 Å². The largest absolute Gasteiger partial charge is 0.493 e. The van der Waals surface area contributed by atoms with Crippen LogP contribution in [-0.4, -0.2) is 32.7 Å². The summed E-state index contributed by atoms with van der Waals surface area (Å²) in [7, 11) is 4.67. The van der Waals surface area contributed by atoms with Gasteiger partial charge in [-0.25, -0.2) is 0 Å². The number of ether oxygens (including phenoxy) is 3. The van der Waals surface area contributed by atoms with E-state index in [2.05, 4.69) is 15.8 Å². The highest BCUT2D eigenvalue weighted by Crippen LogP contribution is 2.37. The SMILES string of the molecule is COc1cc(/C=N\NC(=S)NCc2ccco2)cc(OC)c1OC. The number of rotatable bonds is 7. The number of methoxy groups -OCH3 is 3. The molecule has 0 aliphatic heterocycles. The van der Waals surface area contributed by atoms with Crippen LogP contribution in [0.25, 0.3) is 0 Å². The van der Waals surface area contributed by atoms with Crippen LogP contribution >= 0.6 is 12.2 Å². The van der Waals surface area contributed by atoms with E-state index in [1.807, 2.05) is 12.1 Å². The van der Waals surface area contributed by atoms with Gasteiger partial charge < -0.3 is 23.9 Å². The fourth-order valence-electron chi connectivity index (χ4n) is 1.96. The molecule has 0 aliphatic carbocycles. The highest BCUT2D eigenvalue weighted by atomic mass is 32.1. The number of furan rings is 1. The number of nitrogens with one attached hydrogen (secondary N) is 2. The minimum atomic E-state index is 0.384. The van der Waals surface area contributed by atoms with Gasteiger partial charge in [0.1, 0.15) is 5.76 Å². The first-order valence-electron chi connectivity index (χ1n) is 7.07. The molecule has 24 heavy (non-hydrogen) atoms.